The quantitative estimate of drug-likeness (QED) is 0.182. The normalized spacial score (nSPS) is 16.8. The van der Waals surface area contributed by atoms with E-state index in [2.05, 4.69) is 158 Å². The van der Waals surface area contributed by atoms with Gasteiger partial charge in [0.1, 0.15) is 0 Å². The fourth-order valence-electron chi connectivity index (χ4n) is 6.67. The number of hydrogen-bond acceptors (Lipinski definition) is 4. The number of nitrogens with one attached hydrogen (secondary N) is 1. The van der Waals surface area contributed by atoms with Crippen molar-refractivity contribution in [1.29, 1.82) is 0 Å². The maximum atomic E-state index is 14.0. The molecule has 0 bridgehead atoms. The fourth-order valence-corrected chi connectivity index (χ4v) is 7.85. The zero-order valence-corrected chi connectivity index (χ0v) is 28.6. The van der Waals surface area contributed by atoms with Crippen LogP contribution in [0.15, 0.2) is 121 Å². The van der Waals surface area contributed by atoms with Crippen molar-refractivity contribution in [1.82, 2.24) is 15.1 Å². The molecule has 1 aliphatic rings. The van der Waals surface area contributed by atoms with Crippen LogP contribution in [0.25, 0.3) is 0 Å². The highest BCUT2D eigenvalue weighted by atomic mass is 28.3. The van der Waals surface area contributed by atoms with E-state index >= 15 is 0 Å². The minimum Gasteiger partial charge on any atom is -0.415 e. The summed E-state index contributed by atoms with van der Waals surface area (Å²) >= 11 is 0. The van der Waals surface area contributed by atoms with Crippen LogP contribution in [-0.2, 0) is 9.22 Å². The number of benzene rings is 4. The van der Waals surface area contributed by atoms with Gasteiger partial charge in [-0.05, 0) is 40.8 Å². The molecule has 0 aliphatic carbocycles. The monoisotopic (exact) mass is 619 g/mol. The lowest BCUT2D eigenvalue weighted by atomic mass is 9.81. The predicted octanol–water partition coefficient (Wildman–Crippen LogP) is 7.08. The number of carbonyl (C=O) groups is 1. The van der Waals surface area contributed by atoms with E-state index in [0.717, 1.165) is 17.7 Å². The van der Waals surface area contributed by atoms with Gasteiger partial charge in [-0.15, -0.1) is 0 Å². The van der Waals surface area contributed by atoms with E-state index in [1.54, 1.807) is 0 Å². The van der Waals surface area contributed by atoms with Crippen molar-refractivity contribution in [3.63, 3.8) is 0 Å². The number of amides is 1. The molecule has 0 spiro atoms. The third-order valence-electron chi connectivity index (χ3n) is 8.72. The van der Waals surface area contributed by atoms with E-state index in [-0.39, 0.29) is 42.1 Å². The first-order valence-corrected chi connectivity index (χ1v) is 19.1. The molecule has 1 aliphatic heterocycles. The van der Waals surface area contributed by atoms with Gasteiger partial charge in [-0.1, -0.05) is 142 Å². The minimum absolute atomic E-state index is 0.0240. The lowest BCUT2D eigenvalue weighted by Gasteiger charge is -2.51. The number of piperazine rings is 1. The Morgan fingerprint density at radius 1 is 0.756 bits per heavy atom. The number of rotatable bonds is 11. The molecule has 1 saturated heterocycles. The summed E-state index contributed by atoms with van der Waals surface area (Å²) in [5, 5.41) is 3.61. The zero-order chi connectivity index (χ0) is 31.8. The van der Waals surface area contributed by atoms with Gasteiger partial charge in [-0.25, -0.2) is 0 Å². The number of carbonyl (C=O) groups excluding carboxylic acids is 1. The Balaban J connectivity index is 1.44. The van der Waals surface area contributed by atoms with Gasteiger partial charge in [0, 0.05) is 19.6 Å². The molecule has 1 amide bonds. The van der Waals surface area contributed by atoms with Crippen LogP contribution < -0.4 is 5.32 Å². The summed E-state index contributed by atoms with van der Waals surface area (Å²) < 4.78 is 6.89. The third-order valence-corrected chi connectivity index (χ3v) is 9.56. The van der Waals surface area contributed by atoms with Gasteiger partial charge in [-0.2, -0.15) is 0 Å². The topological polar surface area (TPSA) is 44.8 Å². The van der Waals surface area contributed by atoms with Crippen molar-refractivity contribution in [3.05, 3.63) is 144 Å². The highest BCUT2D eigenvalue weighted by molar-refractivity contribution is 6.48. The van der Waals surface area contributed by atoms with Crippen LogP contribution in [-0.4, -0.2) is 63.1 Å². The van der Waals surface area contributed by atoms with E-state index in [4.69, 9.17) is 4.43 Å². The summed E-state index contributed by atoms with van der Waals surface area (Å²) in [6, 6.07) is 42.4. The van der Waals surface area contributed by atoms with E-state index < -0.39 is 9.04 Å². The van der Waals surface area contributed by atoms with Crippen LogP contribution in [0.1, 0.15) is 55.1 Å². The van der Waals surface area contributed by atoms with Crippen LogP contribution >= 0.6 is 0 Å². The molecule has 236 valence electrons. The van der Waals surface area contributed by atoms with Crippen molar-refractivity contribution >= 4 is 14.9 Å². The molecule has 0 radical (unpaired) electrons. The SMILES string of the molecule is C[SiH](C)OC(C1CN(C(=O)CNC(c2ccccc2)c2ccccc2)CCN1C(c1ccccc1)c1ccccc1)C(C)(C)C. The number of hydrogen-bond donors (Lipinski definition) is 1. The molecular formula is C39H49N3O2Si. The Hall–Kier alpha value is -3.55. The molecule has 5 rings (SSSR count). The van der Waals surface area contributed by atoms with Gasteiger partial charge in [-0.3, -0.25) is 15.0 Å². The molecule has 0 aromatic heterocycles. The fraction of sp³-hybridized carbons (Fsp3) is 0.359. The van der Waals surface area contributed by atoms with Crippen LogP contribution in [0.3, 0.4) is 0 Å². The predicted molar refractivity (Wildman–Crippen MR) is 188 cm³/mol. The molecule has 1 fully saturated rings. The maximum absolute atomic E-state index is 14.0. The molecule has 0 saturated carbocycles. The van der Waals surface area contributed by atoms with Crippen molar-refractivity contribution in [2.75, 3.05) is 26.2 Å². The van der Waals surface area contributed by atoms with Crippen molar-refractivity contribution in [2.24, 2.45) is 5.41 Å². The zero-order valence-electron chi connectivity index (χ0n) is 27.5. The Kier molecular flexibility index (Phi) is 11.1. The maximum Gasteiger partial charge on any atom is 0.236 e. The molecule has 2 unspecified atom stereocenters. The molecule has 4 aromatic rings. The Morgan fingerprint density at radius 2 is 1.20 bits per heavy atom. The molecule has 2 atom stereocenters. The van der Waals surface area contributed by atoms with Gasteiger partial charge in [0.15, 0.2) is 9.04 Å². The second-order valence-corrected chi connectivity index (χ2v) is 15.8. The molecule has 1 heterocycles. The lowest BCUT2D eigenvalue weighted by molar-refractivity contribution is -0.136. The molecule has 5 nitrogen and oxygen atoms in total. The van der Waals surface area contributed by atoms with E-state index in [9.17, 15) is 4.79 Å². The summed E-state index contributed by atoms with van der Waals surface area (Å²) in [6.45, 7) is 13.7. The highest BCUT2D eigenvalue weighted by Crippen LogP contribution is 2.37. The van der Waals surface area contributed by atoms with Crippen LogP contribution in [0.2, 0.25) is 13.1 Å². The standard InChI is InChI=1S/C39H49N3O2Si/c1-39(2,3)38(44-45(4)5)34-29-41(26-27-42(34)37(32-22-14-8-15-23-32)33-24-16-9-17-25-33)35(43)28-40-36(30-18-10-6-11-19-30)31-20-12-7-13-21-31/h6-25,34,36-38,40,45H,26-29H2,1-5H3. The van der Waals surface area contributed by atoms with Crippen LogP contribution in [0.4, 0.5) is 0 Å². The van der Waals surface area contributed by atoms with Crippen molar-refractivity contribution < 1.29 is 9.22 Å². The van der Waals surface area contributed by atoms with E-state index in [1.807, 2.05) is 12.1 Å². The van der Waals surface area contributed by atoms with Crippen molar-refractivity contribution in [2.45, 2.75) is 58.1 Å². The Morgan fingerprint density at radius 3 is 1.62 bits per heavy atom. The summed E-state index contributed by atoms with van der Waals surface area (Å²) in [5.74, 6) is 0.127. The lowest BCUT2D eigenvalue weighted by Crippen LogP contribution is -2.63. The Labute approximate surface area is 272 Å². The van der Waals surface area contributed by atoms with Gasteiger partial charge in [0.2, 0.25) is 5.91 Å². The molecular weight excluding hydrogens is 571 g/mol. The summed E-state index contributed by atoms with van der Waals surface area (Å²) in [7, 11) is -1.39. The Bertz CT molecular complexity index is 1380. The second kappa shape index (κ2) is 15.2. The van der Waals surface area contributed by atoms with Gasteiger partial charge < -0.3 is 9.33 Å². The minimum atomic E-state index is -1.39. The van der Waals surface area contributed by atoms with Crippen molar-refractivity contribution in [3.8, 4) is 0 Å². The molecule has 6 heteroatoms. The molecule has 1 N–H and O–H groups in total. The average Bonchev–Trinajstić information content (AvgIpc) is 3.05. The van der Waals surface area contributed by atoms with E-state index in [1.165, 1.54) is 11.1 Å². The van der Waals surface area contributed by atoms with Gasteiger partial charge in [0.25, 0.3) is 0 Å². The largest absolute Gasteiger partial charge is 0.415 e. The van der Waals surface area contributed by atoms with E-state index in [0.29, 0.717) is 13.1 Å². The van der Waals surface area contributed by atoms with Gasteiger partial charge >= 0.3 is 0 Å². The summed E-state index contributed by atoms with van der Waals surface area (Å²) in [4.78, 5) is 18.7. The first-order valence-electron chi connectivity index (χ1n) is 16.3. The van der Waals surface area contributed by atoms with Gasteiger partial charge in [0.05, 0.1) is 30.8 Å². The van der Waals surface area contributed by atoms with Crippen LogP contribution in [0, 0.1) is 5.41 Å². The first-order chi connectivity index (χ1) is 21.7. The second-order valence-electron chi connectivity index (χ2n) is 13.5. The third kappa shape index (κ3) is 8.38. The molecule has 45 heavy (non-hydrogen) atoms. The number of nitrogens with zero attached hydrogens (tertiary/aromatic N) is 2. The first kappa shape index (κ1) is 32.8. The average molecular weight is 620 g/mol. The summed E-state index contributed by atoms with van der Waals surface area (Å²) in [6.07, 6.45) is -0.0240. The highest BCUT2D eigenvalue weighted by Gasteiger charge is 2.44. The van der Waals surface area contributed by atoms with Crippen LogP contribution in [0.5, 0.6) is 0 Å². The summed E-state index contributed by atoms with van der Waals surface area (Å²) in [5.41, 5.74) is 4.72. The molecule has 4 aromatic carbocycles. The smallest absolute Gasteiger partial charge is 0.236 e.